The van der Waals surface area contributed by atoms with Gasteiger partial charge in [-0.25, -0.2) is 0 Å². The summed E-state index contributed by atoms with van der Waals surface area (Å²) in [6, 6.07) is 0. The number of carbonyl (C=O) groups excluding carboxylic acids is 1. The second-order valence-corrected chi connectivity index (χ2v) is 3.75. The van der Waals surface area contributed by atoms with Crippen LogP contribution in [-0.4, -0.2) is 40.4 Å². The summed E-state index contributed by atoms with van der Waals surface area (Å²) in [6.45, 7) is 0. The van der Waals surface area contributed by atoms with Crippen molar-refractivity contribution in [1.29, 1.82) is 0 Å². The lowest BCUT2D eigenvalue weighted by atomic mass is 10.3. The largest absolute Gasteiger partial charge is 0.383 e. The molecule has 0 aromatic rings. The van der Waals surface area contributed by atoms with Gasteiger partial charge in [-0.15, -0.1) is 0 Å². The Kier molecular flexibility index (Phi) is 5.06. The molecule has 11 heavy (non-hydrogen) atoms. The van der Waals surface area contributed by atoms with Gasteiger partial charge in [-0.1, -0.05) is 0 Å². The lowest BCUT2D eigenvalue weighted by Gasteiger charge is -2.06. The molecule has 4 nitrogen and oxygen atoms in total. The molecule has 2 N–H and O–H groups in total. The number of nitrogens with one attached hydrogen (secondary N) is 1. The Labute approximate surface area is 68.4 Å². The van der Waals surface area contributed by atoms with Crippen LogP contribution in [0.25, 0.3) is 0 Å². The number of hydrogen-bond donors (Lipinski definition) is 2. The van der Waals surface area contributed by atoms with Gasteiger partial charge in [0.2, 0.25) is 5.91 Å². The van der Waals surface area contributed by atoms with Gasteiger partial charge < -0.3 is 10.4 Å². The Bertz CT molecular complexity index is 160. The number of hydrogen-bond acceptors (Lipinski definition) is 3. The van der Waals surface area contributed by atoms with E-state index in [0.717, 1.165) is 0 Å². The van der Waals surface area contributed by atoms with Crippen LogP contribution in [0.2, 0.25) is 0 Å². The number of aliphatic hydroxyl groups is 1. The van der Waals surface area contributed by atoms with Crippen LogP contribution < -0.4 is 5.32 Å². The molecule has 0 aliphatic heterocycles. The highest BCUT2D eigenvalue weighted by molar-refractivity contribution is 7.84. The molecule has 1 amide bonds. The van der Waals surface area contributed by atoms with Crippen LogP contribution in [0.15, 0.2) is 0 Å². The minimum atomic E-state index is -1.02. The highest BCUT2D eigenvalue weighted by Crippen LogP contribution is 1.92. The lowest BCUT2D eigenvalue weighted by Crippen LogP contribution is -2.32. The van der Waals surface area contributed by atoms with Crippen LogP contribution >= 0.6 is 0 Å². The molecule has 0 saturated carbocycles. The number of aliphatic hydroxyl groups excluding tert-OH is 1. The van der Waals surface area contributed by atoms with E-state index in [2.05, 4.69) is 5.32 Å². The van der Waals surface area contributed by atoms with Gasteiger partial charge in [-0.3, -0.25) is 9.00 Å². The normalized spacial score (nSPS) is 15.5. The van der Waals surface area contributed by atoms with Crippen molar-refractivity contribution in [2.45, 2.75) is 12.5 Å². The molecule has 0 aromatic carbocycles. The van der Waals surface area contributed by atoms with Crippen molar-refractivity contribution in [1.82, 2.24) is 5.32 Å². The second kappa shape index (κ2) is 5.26. The minimum Gasteiger partial charge on any atom is -0.383 e. The minimum absolute atomic E-state index is 0.253. The standard InChI is InChI=1S/C6H13NO3S/c1-7-6(9)5(8)3-4-11(2)10/h5,8H,3-4H2,1-2H3,(H,7,9). The molecule has 0 bridgehead atoms. The highest BCUT2D eigenvalue weighted by atomic mass is 32.2. The van der Waals surface area contributed by atoms with Crippen molar-refractivity contribution < 1.29 is 14.1 Å². The summed E-state index contributed by atoms with van der Waals surface area (Å²) in [5.74, 6) is -0.0651. The maximum atomic E-state index is 10.7. The molecule has 0 aliphatic carbocycles. The predicted octanol–water partition coefficient (Wildman–Crippen LogP) is -1.14. The van der Waals surface area contributed by atoms with Crippen LogP contribution in [0.5, 0.6) is 0 Å². The molecule has 0 heterocycles. The fraction of sp³-hybridized carbons (Fsp3) is 0.833. The van der Waals surface area contributed by atoms with E-state index in [1.165, 1.54) is 13.3 Å². The Morgan fingerprint density at radius 2 is 2.27 bits per heavy atom. The van der Waals surface area contributed by atoms with Gasteiger partial charge in [-0.05, 0) is 6.42 Å². The molecule has 66 valence electrons. The Morgan fingerprint density at radius 3 is 2.64 bits per heavy atom. The molecule has 0 spiro atoms. The van der Waals surface area contributed by atoms with Crippen LogP contribution in [-0.2, 0) is 15.6 Å². The Balaban J connectivity index is 3.60. The maximum absolute atomic E-state index is 10.7. The number of carbonyl (C=O) groups is 1. The fourth-order valence-corrected chi connectivity index (χ4v) is 1.13. The Morgan fingerprint density at radius 1 is 1.73 bits per heavy atom. The van der Waals surface area contributed by atoms with Gasteiger partial charge in [-0.2, -0.15) is 0 Å². The first kappa shape index (κ1) is 10.6. The first-order valence-corrected chi connectivity index (χ1v) is 5.00. The molecule has 0 aliphatic rings. The molecular weight excluding hydrogens is 166 g/mol. The van der Waals surface area contributed by atoms with Gasteiger partial charge >= 0.3 is 0 Å². The fourth-order valence-electron chi connectivity index (χ4n) is 0.575. The van der Waals surface area contributed by atoms with Gasteiger partial charge in [0.15, 0.2) is 0 Å². The summed E-state index contributed by atoms with van der Waals surface area (Å²) < 4.78 is 10.5. The monoisotopic (exact) mass is 179 g/mol. The zero-order valence-electron chi connectivity index (χ0n) is 6.66. The molecular formula is C6H13NO3S. The van der Waals surface area contributed by atoms with Crippen LogP contribution in [0.1, 0.15) is 6.42 Å². The van der Waals surface area contributed by atoms with Gasteiger partial charge in [0.25, 0.3) is 0 Å². The summed E-state index contributed by atoms with van der Waals surface area (Å²) in [7, 11) is 0.508. The van der Waals surface area contributed by atoms with Crippen LogP contribution in [0.3, 0.4) is 0 Å². The molecule has 0 rings (SSSR count). The van der Waals surface area contributed by atoms with Gasteiger partial charge in [0, 0.05) is 29.9 Å². The first-order valence-electron chi connectivity index (χ1n) is 3.27. The second-order valence-electron chi connectivity index (χ2n) is 2.20. The molecule has 0 radical (unpaired) electrons. The summed E-state index contributed by atoms with van der Waals surface area (Å²) >= 11 is 0. The topological polar surface area (TPSA) is 66.4 Å². The van der Waals surface area contributed by atoms with E-state index in [1.54, 1.807) is 0 Å². The predicted molar refractivity (Wildman–Crippen MR) is 43.6 cm³/mol. The molecule has 2 atom stereocenters. The van der Waals surface area contributed by atoms with Crippen LogP contribution in [0, 0.1) is 0 Å². The van der Waals surface area contributed by atoms with E-state index in [1.807, 2.05) is 0 Å². The van der Waals surface area contributed by atoms with Crippen molar-refractivity contribution >= 4 is 16.7 Å². The van der Waals surface area contributed by atoms with E-state index in [9.17, 15) is 9.00 Å². The number of amides is 1. The Hall–Kier alpha value is -0.420. The zero-order chi connectivity index (χ0) is 8.85. The summed E-state index contributed by atoms with van der Waals surface area (Å²) in [4.78, 5) is 10.7. The average molecular weight is 179 g/mol. The molecule has 5 heteroatoms. The first-order chi connectivity index (χ1) is 5.07. The van der Waals surface area contributed by atoms with Crippen LogP contribution in [0.4, 0.5) is 0 Å². The van der Waals surface area contributed by atoms with E-state index in [-0.39, 0.29) is 6.42 Å². The quantitative estimate of drug-likeness (QED) is 0.573. The SMILES string of the molecule is CNC(=O)C(O)CCS(C)=O. The number of rotatable bonds is 4. The molecule has 2 unspecified atom stereocenters. The van der Waals surface area contributed by atoms with Crippen molar-refractivity contribution in [2.75, 3.05) is 19.1 Å². The maximum Gasteiger partial charge on any atom is 0.248 e. The average Bonchev–Trinajstić information content (AvgIpc) is 1.98. The highest BCUT2D eigenvalue weighted by Gasteiger charge is 2.12. The van der Waals surface area contributed by atoms with E-state index < -0.39 is 22.8 Å². The van der Waals surface area contributed by atoms with E-state index in [4.69, 9.17) is 5.11 Å². The van der Waals surface area contributed by atoms with Gasteiger partial charge in [0.05, 0.1) is 0 Å². The third-order valence-electron chi connectivity index (χ3n) is 1.23. The molecule has 0 fully saturated rings. The van der Waals surface area contributed by atoms with E-state index in [0.29, 0.717) is 5.75 Å². The van der Waals surface area contributed by atoms with E-state index >= 15 is 0 Å². The third-order valence-corrected chi connectivity index (χ3v) is 2.04. The van der Waals surface area contributed by atoms with Crippen molar-refractivity contribution in [3.05, 3.63) is 0 Å². The van der Waals surface area contributed by atoms with Gasteiger partial charge in [0.1, 0.15) is 6.10 Å². The lowest BCUT2D eigenvalue weighted by molar-refractivity contribution is -0.128. The van der Waals surface area contributed by atoms with Crippen molar-refractivity contribution in [3.8, 4) is 0 Å². The zero-order valence-corrected chi connectivity index (χ0v) is 7.48. The molecule has 0 saturated heterocycles. The summed E-state index contributed by atoms with van der Waals surface area (Å²) in [6.07, 6.45) is 0.767. The summed E-state index contributed by atoms with van der Waals surface area (Å²) in [5, 5.41) is 11.3. The third kappa shape index (κ3) is 4.92. The summed E-state index contributed by atoms with van der Waals surface area (Å²) in [5.41, 5.74) is 0. The molecule has 0 aromatic heterocycles. The smallest absolute Gasteiger partial charge is 0.248 e. The van der Waals surface area contributed by atoms with Crippen molar-refractivity contribution in [3.63, 3.8) is 0 Å². The van der Waals surface area contributed by atoms with Crippen molar-refractivity contribution in [2.24, 2.45) is 0 Å². The number of likely N-dealkylation sites (N-methyl/N-ethyl adjacent to an activating group) is 1.